The summed E-state index contributed by atoms with van der Waals surface area (Å²) in [5.74, 6) is -0.361. The fourth-order valence-corrected chi connectivity index (χ4v) is 5.07. The lowest BCUT2D eigenvalue weighted by molar-refractivity contribution is 0.102. The predicted octanol–water partition coefficient (Wildman–Crippen LogP) is 3.76. The van der Waals surface area contributed by atoms with Gasteiger partial charge in [0.25, 0.3) is 15.9 Å². The molecule has 0 unspecified atom stereocenters. The maximum absolute atomic E-state index is 12.7. The van der Waals surface area contributed by atoms with Crippen LogP contribution in [0.25, 0.3) is 0 Å². The van der Waals surface area contributed by atoms with Crippen molar-refractivity contribution in [3.63, 3.8) is 0 Å². The molecule has 0 fully saturated rings. The Balaban J connectivity index is 1.75. The van der Waals surface area contributed by atoms with Gasteiger partial charge in [-0.15, -0.1) is 10.2 Å². The van der Waals surface area contributed by atoms with E-state index < -0.39 is 16.1 Å². The summed E-state index contributed by atoms with van der Waals surface area (Å²) in [4.78, 5) is 12.4. The van der Waals surface area contributed by atoms with Crippen LogP contribution in [-0.2, 0) is 10.0 Å². The van der Waals surface area contributed by atoms with Gasteiger partial charge < -0.3 is 0 Å². The van der Waals surface area contributed by atoms with E-state index in [1.807, 2.05) is 51.1 Å². The van der Waals surface area contributed by atoms with Crippen molar-refractivity contribution in [3.8, 4) is 0 Å². The Hall–Kier alpha value is -2.62. The molecule has 2 N–H and O–H groups in total. The van der Waals surface area contributed by atoms with Gasteiger partial charge in [0.15, 0.2) is 0 Å². The van der Waals surface area contributed by atoms with Crippen molar-refractivity contribution < 1.29 is 13.2 Å². The van der Waals surface area contributed by atoms with Gasteiger partial charge in [-0.25, -0.2) is 13.1 Å². The quantitative estimate of drug-likeness (QED) is 0.580. The van der Waals surface area contributed by atoms with Gasteiger partial charge in [0, 0.05) is 11.6 Å². The molecular formula is C20H22N4O3S2. The largest absolute Gasteiger partial charge is 0.296 e. The smallest absolute Gasteiger partial charge is 0.270 e. The van der Waals surface area contributed by atoms with Crippen LogP contribution >= 0.6 is 11.3 Å². The summed E-state index contributed by atoms with van der Waals surface area (Å²) in [6, 6.07) is 12.6. The van der Waals surface area contributed by atoms with Crippen LogP contribution in [0, 0.1) is 20.8 Å². The van der Waals surface area contributed by atoms with E-state index in [0.29, 0.717) is 5.56 Å². The van der Waals surface area contributed by atoms with Gasteiger partial charge in [-0.3, -0.25) is 10.1 Å². The zero-order valence-corrected chi connectivity index (χ0v) is 18.2. The first-order chi connectivity index (χ1) is 13.7. The third-order valence-electron chi connectivity index (χ3n) is 4.48. The first-order valence-corrected chi connectivity index (χ1v) is 11.3. The fraction of sp³-hybridized carbons (Fsp3) is 0.250. The fourth-order valence-electron chi connectivity index (χ4n) is 2.93. The average Bonchev–Trinajstić information content (AvgIpc) is 3.13. The third-order valence-corrected chi connectivity index (χ3v) is 7.23. The highest BCUT2D eigenvalue weighted by Crippen LogP contribution is 2.25. The summed E-state index contributed by atoms with van der Waals surface area (Å²) < 4.78 is 27.9. The lowest BCUT2D eigenvalue weighted by Crippen LogP contribution is -2.27. The number of aryl methyl sites for hydroxylation is 3. The van der Waals surface area contributed by atoms with Crippen molar-refractivity contribution in [1.29, 1.82) is 0 Å². The number of sulfonamides is 1. The second-order valence-electron chi connectivity index (χ2n) is 6.85. The summed E-state index contributed by atoms with van der Waals surface area (Å²) in [7, 11) is -3.88. The molecule has 0 radical (unpaired) electrons. The van der Waals surface area contributed by atoms with Gasteiger partial charge in [0.05, 0.1) is 0 Å². The molecule has 0 spiro atoms. The second kappa shape index (κ2) is 8.40. The number of hydrogen-bond donors (Lipinski definition) is 2. The molecule has 1 heterocycles. The summed E-state index contributed by atoms with van der Waals surface area (Å²) in [5, 5.41) is 10.3. The van der Waals surface area contributed by atoms with E-state index in [2.05, 4.69) is 20.2 Å². The molecular weight excluding hydrogens is 408 g/mol. The minimum absolute atomic E-state index is 0.123. The Morgan fingerprint density at radius 3 is 2.48 bits per heavy atom. The molecule has 0 aliphatic carbocycles. The molecule has 0 saturated carbocycles. The molecule has 1 amide bonds. The number of carbonyl (C=O) groups is 1. The average molecular weight is 431 g/mol. The second-order valence-corrected chi connectivity index (χ2v) is 9.71. The summed E-state index contributed by atoms with van der Waals surface area (Å²) in [6.07, 6.45) is 0. The number of aromatic nitrogens is 2. The molecule has 3 rings (SSSR count). The lowest BCUT2D eigenvalue weighted by Gasteiger charge is -2.16. The molecule has 3 aromatic rings. The van der Waals surface area contributed by atoms with Gasteiger partial charge in [0.2, 0.25) is 9.47 Å². The topological polar surface area (TPSA) is 101 Å². The maximum Gasteiger partial charge on any atom is 0.270 e. The van der Waals surface area contributed by atoms with Gasteiger partial charge >= 0.3 is 0 Å². The van der Waals surface area contributed by atoms with Crippen molar-refractivity contribution in [1.82, 2.24) is 14.9 Å². The van der Waals surface area contributed by atoms with E-state index in [4.69, 9.17) is 0 Å². The van der Waals surface area contributed by atoms with E-state index in [0.717, 1.165) is 33.6 Å². The standard InChI is InChI=1S/C20H22N4O3S2/c1-12-9-10-14(3)17(11-12)15(4)24-29(26,27)20-23-22-19(28-20)21-18(25)16-8-6-5-7-13(16)2/h5-11,15,24H,1-4H3,(H,21,22,25)/t15-/m1/s1. The van der Waals surface area contributed by atoms with Crippen LogP contribution in [0.1, 0.15) is 45.6 Å². The minimum atomic E-state index is -3.88. The summed E-state index contributed by atoms with van der Waals surface area (Å²) >= 11 is 0.809. The third kappa shape index (κ3) is 4.87. The Bertz CT molecular complexity index is 1160. The van der Waals surface area contributed by atoms with Crippen molar-refractivity contribution in [2.75, 3.05) is 5.32 Å². The van der Waals surface area contributed by atoms with E-state index in [1.165, 1.54) is 0 Å². The Morgan fingerprint density at radius 2 is 1.76 bits per heavy atom. The van der Waals surface area contributed by atoms with Crippen LogP contribution in [-0.4, -0.2) is 24.5 Å². The van der Waals surface area contributed by atoms with E-state index in [-0.39, 0.29) is 15.4 Å². The van der Waals surface area contributed by atoms with Crippen molar-refractivity contribution in [2.24, 2.45) is 0 Å². The van der Waals surface area contributed by atoms with Gasteiger partial charge in [-0.05, 0) is 50.5 Å². The highest BCUT2D eigenvalue weighted by atomic mass is 32.2. The van der Waals surface area contributed by atoms with Crippen LogP contribution < -0.4 is 10.0 Å². The number of anilines is 1. The SMILES string of the molecule is Cc1ccc(C)c([C@@H](C)NS(=O)(=O)c2nnc(NC(=O)c3ccccc3C)s2)c1. The molecule has 1 aromatic heterocycles. The number of carbonyl (C=O) groups excluding carboxylic acids is 1. The Kier molecular flexibility index (Phi) is 6.11. The van der Waals surface area contributed by atoms with Crippen LogP contribution in [0.15, 0.2) is 46.8 Å². The molecule has 0 bridgehead atoms. The zero-order valence-electron chi connectivity index (χ0n) is 16.6. The molecule has 0 saturated heterocycles. The monoisotopic (exact) mass is 430 g/mol. The van der Waals surface area contributed by atoms with Gasteiger partial charge in [-0.2, -0.15) is 0 Å². The van der Waals surface area contributed by atoms with Crippen LogP contribution in [0.5, 0.6) is 0 Å². The van der Waals surface area contributed by atoms with Crippen molar-refractivity contribution in [2.45, 2.75) is 38.1 Å². The van der Waals surface area contributed by atoms with E-state index in [9.17, 15) is 13.2 Å². The molecule has 7 nitrogen and oxygen atoms in total. The number of hydrogen-bond acceptors (Lipinski definition) is 6. The van der Waals surface area contributed by atoms with E-state index in [1.54, 1.807) is 19.1 Å². The predicted molar refractivity (Wildman–Crippen MR) is 114 cm³/mol. The molecule has 1 atom stereocenters. The Labute approximate surface area is 174 Å². The number of nitrogens with one attached hydrogen (secondary N) is 2. The van der Waals surface area contributed by atoms with Crippen LogP contribution in [0.3, 0.4) is 0 Å². The Morgan fingerprint density at radius 1 is 1.03 bits per heavy atom. The van der Waals surface area contributed by atoms with E-state index >= 15 is 0 Å². The summed E-state index contributed by atoms with van der Waals surface area (Å²) in [6.45, 7) is 7.49. The van der Waals surface area contributed by atoms with Gasteiger partial charge in [-0.1, -0.05) is 53.3 Å². The minimum Gasteiger partial charge on any atom is -0.296 e. The highest BCUT2D eigenvalue weighted by molar-refractivity contribution is 7.91. The zero-order chi connectivity index (χ0) is 21.2. The molecule has 2 aromatic carbocycles. The van der Waals surface area contributed by atoms with Crippen molar-refractivity contribution >= 4 is 32.4 Å². The number of benzene rings is 2. The summed E-state index contributed by atoms with van der Waals surface area (Å²) in [5.41, 5.74) is 4.24. The van der Waals surface area contributed by atoms with Gasteiger partial charge in [0.1, 0.15) is 0 Å². The highest BCUT2D eigenvalue weighted by Gasteiger charge is 2.24. The lowest BCUT2D eigenvalue weighted by atomic mass is 10.0. The van der Waals surface area contributed by atoms with Crippen LogP contribution in [0.2, 0.25) is 0 Å². The maximum atomic E-state index is 12.7. The first kappa shape index (κ1) is 21.1. The van der Waals surface area contributed by atoms with Crippen molar-refractivity contribution in [3.05, 3.63) is 70.3 Å². The molecule has 152 valence electrons. The molecule has 0 aliphatic heterocycles. The molecule has 9 heteroatoms. The first-order valence-electron chi connectivity index (χ1n) is 8.97. The number of amides is 1. The van der Waals surface area contributed by atoms with Crippen LogP contribution in [0.4, 0.5) is 5.13 Å². The molecule has 29 heavy (non-hydrogen) atoms. The molecule has 0 aliphatic rings. The number of nitrogens with zero attached hydrogens (tertiary/aromatic N) is 2. The number of rotatable bonds is 6. The normalized spacial score (nSPS) is 12.6.